The van der Waals surface area contributed by atoms with Crippen molar-refractivity contribution in [2.24, 2.45) is 5.73 Å². The molecule has 0 aliphatic carbocycles. The van der Waals surface area contributed by atoms with Gasteiger partial charge in [-0.05, 0) is 55.5 Å². The molecule has 138 valence electrons. The number of nitrogens with zero attached hydrogens (tertiary/aromatic N) is 1. The number of piperidine rings is 1. The van der Waals surface area contributed by atoms with Gasteiger partial charge in [0.15, 0.2) is 0 Å². The molecule has 0 spiro atoms. The first-order chi connectivity index (χ1) is 12.5. The van der Waals surface area contributed by atoms with Crippen LogP contribution < -0.4 is 10.5 Å². The van der Waals surface area contributed by atoms with Gasteiger partial charge in [-0.1, -0.05) is 36.4 Å². The van der Waals surface area contributed by atoms with Crippen LogP contribution in [0.3, 0.4) is 0 Å². The molecule has 0 bridgehead atoms. The molecule has 1 fully saturated rings. The molecule has 0 saturated carbocycles. The molecular weight excluding hydrogens is 324 g/mol. The van der Waals surface area contributed by atoms with Gasteiger partial charge in [0.2, 0.25) is 5.91 Å². The molecule has 1 aliphatic heterocycles. The van der Waals surface area contributed by atoms with E-state index in [1.54, 1.807) is 0 Å². The van der Waals surface area contributed by atoms with Crippen LogP contribution in [0, 0.1) is 6.92 Å². The van der Waals surface area contributed by atoms with Gasteiger partial charge in [-0.2, -0.15) is 0 Å². The minimum atomic E-state index is 0.167. The molecule has 1 aliphatic rings. The van der Waals surface area contributed by atoms with E-state index >= 15 is 0 Å². The zero-order valence-corrected chi connectivity index (χ0v) is 15.7. The second kappa shape index (κ2) is 8.37. The minimum Gasteiger partial charge on any atom is -0.489 e. The molecular formula is C22H28N2O2. The van der Waals surface area contributed by atoms with E-state index < -0.39 is 0 Å². The Bertz CT molecular complexity index is 759. The van der Waals surface area contributed by atoms with Gasteiger partial charge >= 0.3 is 0 Å². The monoisotopic (exact) mass is 352 g/mol. The van der Waals surface area contributed by atoms with E-state index in [0.717, 1.165) is 30.7 Å². The summed E-state index contributed by atoms with van der Waals surface area (Å²) in [6.07, 6.45) is 2.17. The number of aryl methyl sites for hydroxylation is 1. The van der Waals surface area contributed by atoms with Crippen LogP contribution in [-0.2, 0) is 17.8 Å². The Morgan fingerprint density at radius 2 is 2.04 bits per heavy atom. The summed E-state index contributed by atoms with van der Waals surface area (Å²) in [5.74, 6) is 0.965. The number of amides is 1. The van der Waals surface area contributed by atoms with Gasteiger partial charge in [-0.25, -0.2) is 0 Å². The Hall–Kier alpha value is -2.33. The Balaban J connectivity index is 1.60. The predicted octanol–water partition coefficient (Wildman–Crippen LogP) is 3.45. The highest BCUT2D eigenvalue weighted by Crippen LogP contribution is 2.20. The Kier molecular flexibility index (Phi) is 5.94. The first-order valence-electron chi connectivity index (χ1n) is 9.34. The number of likely N-dealkylation sites (tertiary alicyclic amines) is 1. The minimum absolute atomic E-state index is 0.167. The molecule has 4 nitrogen and oxygen atoms in total. The molecule has 1 amide bonds. The largest absolute Gasteiger partial charge is 0.489 e. The van der Waals surface area contributed by atoms with Crippen LogP contribution in [0.4, 0.5) is 0 Å². The lowest BCUT2D eigenvalue weighted by Gasteiger charge is -2.36. The fraction of sp³-hybridized carbons (Fsp3) is 0.409. The van der Waals surface area contributed by atoms with E-state index in [1.807, 2.05) is 41.3 Å². The quantitative estimate of drug-likeness (QED) is 0.897. The van der Waals surface area contributed by atoms with Crippen LogP contribution in [0.2, 0.25) is 0 Å². The van der Waals surface area contributed by atoms with Crippen molar-refractivity contribution in [1.29, 1.82) is 0 Å². The number of ether oxygens (including phenoxy) is 1. The number of benzene rings is 2. The Morgan fingerprint density at radius 3 is 2.81 bits per heavy atom. The van der Waals surface area contributed by atoms with Crippen molar-refractivity contribution in [3.8, 4) is 5.75 Å². The molecule has 2 aromatic rings. The summed E-state index contributed by atoms with van der Waals surface area (Å²) in [5.41, 5.74) is 9.38. The van der Waals surface area contributed by atoms with Crippen molar-refractivity contribution in [2.45, 2.75) is 51.8 Å². The maximum atomic E-state index is 12.7. The zero-order chi connectivity index (χ0) is 18.5. The summed E-state index contributed by atoms with van der Waals surface area (Å²) in [5, 5.41) is 0. The van der Waals surface area contributed by atoms with Crippen LogP contribution in [0.1, 0.15) is 36.5 Å². The summed E-state index contributed by atoms with van der Waals surface area (Å²) < 4.78 is 5.93. The van der Waals surface area contributed by atoms with Gasteiger partial charge in [-0.15, -0.1) is 0 Å². The average Bonchev–Trinajstić information content (AvgIpc) is 2.61. The first-order valence-corrected chi connectivity index (χ1v) is 9.34. The van der Waals surface area contributed by atoms with Gasteiger partial charge in [0.05, 0.1) is 6.42 Å². The van der Waals surface area contributed by atoms with Crippen LogP contribution in [-0.4, -0.2) is 29.4 Å². The van der Waals surface area contributed by atoms with Crippen LogP contribution >= 0.6 is 0 Å². The SMILES string of the molecule is Cc1ccccc1COc1cccc(CC(=O)N2CC[C@H](N)C[C@@H]2C)c1. The summed E-state index contributed by atoms with van der Waals surface area (Å²) in [4.78, 5) is 14.6. The zero-order valence-electron chi connectivity index (χ0n) is 15.7. The number of nitrogens with two attached hydrogens (primary N) is 1. The maximum Gasteiger partial charge on any atom is 0.227 e. The second-order valence-corrected chi connectivity index (χ2v) is 7.26. The highest BCUT2D eigenvalue weighted by atomic mass is 16.5. The number of carbonyl (C=O) groups excluding carboxylic acids is 1. The second-order valence-electron chi connectivity index (χ2n) is 7.26. The smallest absolute Gasteiger partial charge is 0.227 e. The molecule has 2 aromatic carbocycles. The van der Waals surface area contributed by atoms with E-state index in [2.05, 4.69) is 26.0 Å². The van der Waals surface area contributed by atoms with Crippen LogP contribution in [0.5, 0.6) is 5.75 Å². The first kappa shape index (κ1) is 18.5. The van der Waals surface area contributed by atoms with Gasteiger partial charge in [-0.3, -0.25) is 4.79 Å². The van der Waals surface area contributed by atoms with Gasteiger partial charge in [0, 0.05) is 18.6 Å². The normalized spacial score (nSPS) is 20.0. The molecule has 4 heteroatoms. The van der Waals surface area contributed by atoms with Crippen LogP contribution in [0.15, 0.2) is 48.5 Å². The van der Waals surface area contributed by atoms with Crippen molar-refractivity contribution >= 4 is 5.91 Å². The lowest BCUT2D eigenvalue weighted by molar-refractivity contribution is -0.133. The third kappa shape index (κ3) is 4.64. The number of carbonyl (C=O) groups is 1. The average molecular weight is 352 g/mol. The van der Waals surface area contributed by atoms with Crippen molar-refractivity contribution in [2.75, 3.05) is 6.54 Å². The predicted molar refractivity (Wildman–Crippen MR) is 104 cm³/mol. The fourth-order valence-electron chi connectivity index (χ4n) is 3.53. The molecule has 1 heterocycles. The summed E-state index contributed by atoms with van der Waals surface area (Å²) in [6.45, 7) is 5.45. The Labute approximate surface area is 156 Å². The lowest BCUT2D eigenvalue weighted by atomic mass is 9.98. The van der Waals surface area contributed by atoms with Crippen LogP contribution in [0.25, 0.3) is 0 Å². The van der Waals surface area contributed by atoms with Gasteiger partial charge < -0.3 is 15.4 Å². The van der Waals surface area contributed by atoms with E-state index in [1.165, 1.54) is 11.1 Å². The molecule has 2 N–H and O–H groups in total. The molecule has 0 unspecified atom stereocenters. The van der Waals surface area contributed by atoms with E-state index in [4.69, 9.17) is 10.5 Å². The van der Waals surface area contributed by atoms with Crippen molar-refractivity contribution in [3.63, 3.8) is 0 Å². The molecule has 0 radical (unpaired) electrons. The maximum absolute atomic E-state index is 12.7. The van der Waals surface area contributed by atoms with Gasteiger partial charge in [0.1, 0.15) is 12.4 Å². The lowest BCUT2D eigenvalue weighted by Crippen LogP contribution is -2.48. The summed E-state index contributed by atoms with van der Waals surface area (Å²) in [7, 11) is 0. The third-order valence-electron chi connectivity index (χ3n) is 5.15. The third-order valence-corrected chi connectivity index (χ3v) is 5.15. The van der Waals surface area contributed by atoms with Gasteiger partial charge in [0.25, 0.3) is 0 Å². The molecule has 26 heavy (non-hydrogen) atoms. The standard InChI is InChI=1S/C22H28N2O2/c1-16-6-3-4-8-19(16)15-26-21-9-5-7-18(13-21)14-22(25)24-11-10-20(23)12-17(24)2/h3-9,13,17,20H,10-12,14-15,23H2,1-2H3/t17-,20-/m0/s1. The van der Waals surface area contributed by atoms with E-state index in [-0.39, 0.29) is 18.0 Å². The number of rotatable bonds is 5. The molecule has 1 saturated heterocycles. The van der Waals surface area contributed by atoms with E-state index in [0.29, 0.717) is 13.0 Å². The van der Waals surface area contributed by atoms with Crippen molar-refractivity contribution in [1.82, 2.24) is 4.90 Å². The number of hydrogen-bond acceptors (Lipinski definition) is 3. The number of hydrogen-bond donors (Lipinski definition) is 1. The van der Waals surface area contributed by atoms with Crippen molar-refractivity contribution in [3.05, 3.63) is 65.2 Å². The summed E-state index contributed by atoms with van der Waals surface area (Å²) >= 11 is 0. The molecule has 0 aromatic heterocycles. The van der Waals surface area contributed by atoms with Crippen molar-refractivity contribution < 1.29 is 9.53 Å². The highest BCUT2D eigenvalue weighted by molar-refractivity contribution is 5.79. The fourth-order valence-corrected chi connectivity index (χ4v) is 3.53. The molecule has 2 atom stereocenters. The van der Waals surface area contributed by atoms with E-state index in [9.17, 15) is 4.79 Å². The topological polar surface area (TPSA) is 55.6 Å². The highest BCUT2D eigenvalue weighted by Gasteiger charge is 2.26. The molecule has 3 rings (SSSR count). The summed E-state index contributed by atoms with van der Waals surface area (Å²) in [6, 6.07) is 16.5. The Morgan fingerprint density at radius 1 is 1.23 bits per heavy atom.